The predicted octanol–water partition coefficient (Wildman–Crippen LogP) is 2.01. The van der Waals surface area contributed by atoms with E-state index in [1.807, 2.05) is 0 Å². The van der Waals surface area contributed by atoms with Gasteiger partial charge in [0.1, 0.15) is 5.56 Å². The zero-order chi connectivity index (χ0) is 12.3. The number of hydrogen-bond donors (Lipinski definition) is 1. The van der Waals surface area contributed by atoms with Gasteiger partial charge in [-0.15, -0.1) is 0 Å². The van der Waals surface area contributed by atoms with Gasteiger partial charge in [-0.3, -0.25) is 10.1 Å². The van der Waals surface area contributed by atoms with Gasteiger partial charge in [0.25, 0.3) is 5.69 Å². The van der Waals surface area contributed by atoms with E-state index < -0.39 is 16.6 Å². The van der Waals surface area contributed by atoms with E-state index in [-0.39, 0.29) is 22.9 Å². The van der Waals surface area contributed by atoms with Crippen LogP contribution >= 0.6 is 11.6 Å². The molecule has 0 aliphatic heterocycles. The second kappa shape index (κ2) is 4.80. The van der Waals surface area contributed by atoms with E-state index in [1.165, 1.54) is 0 Å². The lowest BCUT2D eigenvalue weighted by atomic mass is 10.1. The maximum absolute atomic E-state index is 11.4. The van der Waals surface area contributed by atoms with E-state index in [0.29, 0.717) is 0 Å². The maximum Gasteiger partial charge on any atom is 0.345 e. The Bertz CT molecular complexity index is 447. The second-order valence-electron chi connectivity index (χ2n) is 2.87. The number of carbonyl (C=O) groups excluding carboxylic acids is 1. The number of nitrogen functional groups attached to an aromatic ring is 1. The number of halogens is 1. The molecule has 2 N–H and O–H groups in total. The summed E-state index contributed by atoms with van der Waals surface area (Å²) in [4.78, 5) is 21.4. The molecule has 0 aliphatic rings. The number of nitrogens with zero attached hydrogens (tertiary/aromatic N) is 1. The van der Waals surface area contributed by atoms with Crippen molar-refractivity contribution in [1.29, 1.82) is 0 Å². The van der Waals surface area contributed by atoms with Crippen LogP contribution in [0.3, 0.4) is 0 Å². The minimum atomic E-state index is -0.795. The molecule has 1 rings (SSSR count). The monoisotopic (exact) mass is 244 g/mol. The third-order valence-electron chi connectivity index (χ3n) is 1.81. The van der Waals surface area contributed by atoms with Gasteiger partial charge < -0.3 is 10.5 Å². The fourth-order valence-electron chi connectivity index (χ4n) is 1.10. The molecule has 0 saturated carbocycles. The van der Waals surface area contributed by atoms with Crippen molar-refractivity contribution >= 4 is 28.9 Å². The van der Waals surface area contributed by atoms with Gasteiger partial charge in [-0.25, -0.2) is 4.79 Å². The first kappa shape index (κ1) is 12.3. The first-order chi connectivity index (χ1) is 7.47. The highest BCUT2D eigenvalue weighted by Gasteiger charge is 2.23. The molecule has 7 heteroatoms. The lowest BCUT2D eigenvalue weighted by Gasteiger charge is -2.05. The number of ether oxygens (including phenoxy) is 1. The molecule has 0 spiro atoms. The quantitative estimate of drug-likeness (QED) is 0.380. The number of benzene rings is 1. The Labute approximate surface area is 96.1 Å². The Morgan fingerprint density at radius 1 is 1.62 bits per heavy atom. The zero-order valence-corrected chi connectivity index (χ0v) is 9.15. The molecule has 0 heterocycles. The Morgan fingerprint density at radius 2 is 2.25 bits per heavy atom. The summed E-state index contributed by atoms with van der Waals surface area (Å²) in [6.07, 6.45) is 0. The van der Waals surface area contributed by atoms with Crippen LogP contribution < -0.4 is 5.73 Å². The summed E-state index contributed by atoms with van der Waals surface area (Å²) in [5, 5.41) is 10.8. The lowest BCUT2D eigenvalue weighted by Crippen LogP contribution is -2.08. The van der Waals surface area contributed by atoms with Crippen LogP contribution in [0.25, 0.3) is 0 Å². The van der Waals surface area contributed by atoms with Crippen molar-refractivity contribution in [2.24, 2.45) is 0 Å². The standard InChI is InChI=1S/C9H9ClN2O4/c1-2-16-9(13)5-3-6(10)7(11)4-8(5)12(14)15/h3-4H,2,11H2,1H3. The van der Waals surface area contributed by atoms with Crippen LogP contribution in [-0.2, 0) is 4.74 Å². The van der Waals surface area contributed by atoms with Gasteiger partial charge in [-0.1, -0.05) is 11.6 Å². The van der Waals surface area contributed by atoms with E-state index >= 15 is 0 Å². The van der Waals surface area contributed by atoms with Gasteiger partial charge in [0.15, 0.2) is 0 Å². The van der Waals surface area contributed by atoms with Crippen molar-refractivity contribution in [3.05, 3.63) is 32.8 Å². The molecule has 0 aromatic heterocycles. The third-order valence-corrected chi connectivity index (χ3v) is 2.13. The van der Waals surface area contributed by atoms with Crippen molar-refractivity contribution in [2.45, 2.75) is 6.92 Å². The number of nitrogens with two attached hydrogens (primary N) is 1. The van der Waals surface area contributed by atoms with Gasteiger partial charge in [0.05, 0.1) is 22.2 Å². The molecule has 0 atom stereocenters. The Balaban J connectivity index is 3.30. The summed E-state index contributed by atoms with van der Waals surface area (Å²) >= 11 is 5.68. The fraction of sp³-hybridized carbons (Fsp3) is 0.222. The van der Waals surface area contributed by atoms with Gasteiger partial charge in [-0.05, 0) is 13.0 Å². The fourth-order valence-corrected chi connectivity index (χ4v) is 1.27. The molecule has 6 nitrogen and oxygen atoms in total. The molecule has 0 radical (unpaired) electrons. The number of nitro benzene ring substituents is 1. The highest BCUT2D eigenvalue weighted by molar-refractivity contribution is 6.33. The van der Waals surface area contributed by atoms with E-state index in [1.54, 1.807) is 6.92 Å². The first-order valence-corrected chi connectivity index (χ1v) is 4.75. The van der Waals surface area contributed by atoms with E-state index in [4.69, 9.17) is 17.3 Å². The summed E-state index contributed by atoms with van der Waals surface area (Å²) < 4.78 is 4.67. The number of anilines is 1. The Morgan fingerprint density at radius 3 is 2.75 bits per heavy atom. The molecule has 1 aromatic rings. The summed E-state index contributed by atoms with van der Waals surface area (Å²) in [6.45, 7) is 1.72. The molecule has 0 amide bonds. The summed E-state index contributed by atoms with van der Waals surface area (Å²) in [6, 6.07) is 2.17. The molecule has 0 unspecified atom stereocenters. The first-order valence-electron chi connectivity index (χ1n) is 4.38. The topological polar surface area (TPSA) is 95.5 Å². The van der Waals surface area contributed by atoms with Gasteiger partial charge in [0.2, 0.25) is 0 Å². The van der Waals surface area contributed by atoms with Crippen molar-refractivity contribution in [3.8, 4) is 0 Å². The molecule has 0 saturated heterocycles. The van der Waals surface area contributed by atoms with Crippen LogP contribution in [0.5, 0.6) is 0 Å². The molecule has 0 bridgehead atoms. The van der Waals surface area contributed by atoms with Crippen LogP contribution in [0, 0.1) is 10.1 Å². The lowest BCUT2D eigenvalue weighted by molar-refractivity contribution is -0.385. The summed E-state index contributed by atoms with van der Waals surface area (Å²) in [5.74, 6) is -0.795. The van der Waals surface area contributed by atoms with Crippen molar-refractivity contribution in [1.82, 2.24) is 0 Å². The van der Waals surface area contributed by atoms with Crippen LogP contribution in [0.15, 0.2) is 12.1 Å². The van der Waals surface area contributed by atoms with Crippen LogP contribution in [0.4, 0.5) is 11.4 Å². The van der Waals surface area contributed by atoms with Crippen LogP contribution in [-0.4, -0.2) is 17.5 Å². The molecule has 0 fully saturated rings. The summed E-state index contributed by atoms with van der Waals surface area (Å²) in [5.41, 5.74) is 4.84. The predicted molar refractivity (Wildman–Crippen MR) is 58.5 cm³/mol. The van der Waals surface area contributed by atoms with Gasteiger partial charge in [0, 0.05) is 6.07 Å². The number of esters is 1. The van der Waals surface area contributed by atoms with E-state index in [0.717, 1.165) is 12.1 Å². The minimum Gasteiger partial charge on any atom is -0.462 e. The SMILES string of the molecule is CCOC(=O)c1cc(Cl)c(N)cc1[N+](=O)[O-]. The number of rotatable bonds is 3. The van der Waals surface area contributed by atoms with Gasteiger partial charge >= 0.3 is 5.97 Å². The Hall–Kier alpha value is -1.82. The smallest absolute Gasteiger partial charge is 0.345 e. The molecular formula is C9H9ClN2O4. The second-order valence-corrected chi connectivity index (χ2v) is 3.28. The molecular weight excluding hydrogens is 236 g/mol. The zero-order valence-electron chi connectivity index (χ0n) is 8.40. The number of nitro groups is 1. The van der Waals surface area contributed by atoms with E-state index in [2.05, 4.69) is 4.74 Å². The molecule has 0 aliphatic carbocycles. The van der Waals surface area contributed by atoms with Crippen molar-refractivity contribution in [3.63, 3.8) is 0 Å². The summed E-state index contributed by atoms with van der Waals surface area (Å²) in [7, 11) is 0. The molecule has 1 aromatic carbocycles. The molecule has 86 valence electrons. The Kier molecular flexibility index (Phi) is 3.68. The largest absolute Gasteiger partial charge is 0.462 e. The van der Waals surface area contributed by atoms with Crippen LogP contribution in [0.1, 0.15) is 17.3 Å². The van der Waals surface area contributed by atoms with Crippen molar-refractivity contribution in [2.75, 3.05) is 12.3 Å². The van der Waals surface area contributed by atoms with Gasteiger partial charge in [-0.2, -0.15) is 0 Å². The maximum atomic E-state index is 11.4. The average molecular weight is 245 g/mol. The van der Waals surface area contributed by atoms with Crippen molar-refractivity contribution < 1.29 is 14.5 Å². The van der Waals surface area contributed by atoms with Crippen LogP contribution in [0.2, 0.25) is 5.02 Å². The van der Waals surface area contributed by atoms with E-state index in [9.17, 15) is 14.9 Å². The highest BCUT2D eigenvalue weighted by Crippen LogP contribution is 2.29. The third kappa shape index (κ3) is 2.40. The number of hydrogen-bond acceptors (Lipinski definition) is 5. The minimum absolute atomic E-state index is 0.0430. The molecule has 16 heavy (non-hydrogen) atoms. The normalized spacial score (nSPS) is 9.88. The average Bonchev–Trinajstić information content (AvgIpc) is 2.21. The number of carbonyl (C=O) groups is 1. The highest BCUT2D eigenvalue weighted by atomic mass is 35.5.